The van der Waals surface area contributed by atoms with E-state index in [0.717, 1.165) is 6.42 Å². The van der Waals surface area contributed by atoms with Crippen LogP contribution >= 0.6 is 17.0 Å². The van der Waals surface area contributed by atoms with Crippen LogP contribution in [0.15, 0.2) is 64.8 Å². The molecule has 3 aliphatic carbocycles. The summed E-state index contributed by atoms with van der Waals surface area (Å²) < 4.78 is 0. The molecule has 3 aliphatic rings. The molecule has 0 saturated heterocycles. The van der Waals surface area contributed by atoms with Crippen molar-refractivity contribution in [1.82, 2.24) is 0 Å². The minimum atomic E-state index is -0.826. The Balaban J connectivity index is 0.000000218. The molecule has 0 nitrogen and oxygen atoms in total. The standard InChI is InChI=1S/C12H19.C10H9.2ClH.Zr/c1-9(2)10-6-7-11(8-10)12(3,4)5;1-8-6-7-9-4-2-3-5-10(8)9;;;/h6-8,10H,1-5H3;2,4-5,7H,3H2,1H3;2*1H;/q2*-1;;;+4/p-2. The van der Waals surface area contributed by atoms with Crippen LogP contribution in [0.4, 0.5) is 0 Å². The van der Waals surface area contributed by atoms with Gasteiger partial charge in [-0.1, -0.05) is 39.8 Å². The molecule has 0 amide bonds. The van der Waals surface area contributed by atoms with Crippen LogP contribution in [0, 0.1) is 23.3 Å². The van der Waals surface area contributed by atoms with Gasteiger partial charge in [0.1, 0.15) is 0 Å². The van der Waals surface area contributed by atoms with Gasteiger partial charge in [-0.15, -0.1) is 30.2 Å². The Morgan fingerprint density at radius 2 is 1.84 bits per heavy atom. The van der Waals surface area contributed by atoms with Crippen LogP contribution < -0.4 is 0 Å². The monoisotopic (exact) mass is 452 g/mol. The first-order valence-corrected chi connectivity index (χ1v) is 14.9. The number of halogens is 2. The molecule has 25 heavy (non-hydrogen) atoms. The second kappa shape index (κ2) is 10.9. The summed E-state index contributed by atoms with van der Waals surface area (Å²) in [7, 11) is 9.87. The predicted octanol–water partition coefficient (Wildman–Crippen LogP) is 7.70. The van der Waals surface area contributed by atoms with Gasteiger partial charge < -0.3 is 5.92 Å². The quantitative estimate of drug-likeness (QED) is 0.356. The fraction of sp³-hybridized carbons (Fsp3) is 0.409. The number of rotatable bonds is 1. The van der Waals surface area contributed by atoms with Gasteiger partial charge in [-0.2, -0.15) is 42.7 Å². The Morgan fingerprint density at radius 1 is 1.20 bits per heavy atom. The van der Waals surface area contributed by atoms with Gasteiger partial charge in [-0.05, 0) is 17.4 Å². The molecule has 0 saturated carbocycles. The molecular formula is C22H28Cl2Zr. The van der Waals surface area contributed by atoms with Crippen LogP contribution in [0.5, 0.6) is 0 Å². The molecule has 1 unspecified atom stereocenters. The van der Waals surface area contributed by atoms with Crippen molar-refractivity contribution in [1.29, 1.82) is 0 Å². The molecule has 0 heterocycles. The predicted molar refractivity (Wildman–Crippen MR) is 109 cm³/mol. The Morgan fingerprint density at radius 3 is 2.28 bits per heavy atom. The van der Waals surface area contributed by atoms with Crippen molar-refractivity contribution in [3.63, 3.8) is 0 Å². The third-order valence-corrected chi connectivity index (χ3v) is 4.29. The van der Waals surface area contributed by atoms with E-state index in [9.17, 15) is 0 Å². The summed E-state index contributed by atoms with van der Waals surface area (Å²) in [5.41, 5.74) is 5.75. The second-order valence-electron chi connectivity index (χ2n) is 7.53. The van der Waals surface area contributed by atoms with Crippen LogP contribution in [0.1, 0.15) is 48.0 Å². The number of hydrogen-bond donors (Lipinski definition) is 0. The minimum absolute atomic E-state index is 0.306. The average molecular weight is 455 g/mol. The second-order valence-corrected chi connectivity index (χ2v) is 11.3. The SMILES string of the molecule is CC1=[C-]C=C2C=CCC=C12.C[C-](C)C1C=CC(C(C)(C)C)=C1.[Cl][Zr+2][Cl]. The number of fused-ring (bicyclic) bond motifs is 1. The fourth-order valence-electron chi connectivity index (χ4n) is 2.72. The Hall–Kier alpha value is -0.0969. The van der Waals surface area contributed by atoms with E-state index >= 15 is 0 Å². The van der Waals surface area contributed by atoms with Gasteiger partial charge in [0.2, 0.25) is 0 Å². The van der Waals surface area contributed by atoms with Crippen molar-refractivity contribution in [2.24, 2.45) is 11.3 Å². The van der Waals surface area contributed by atoms with Crippen LogP contribution in [-0.4, -0.2) is 0 Å². The van der Waals surface area contributed by atoms with Crippen molar-refractivity contribution < 1.29 is 20.8 Å². The van der Waals surface area contributed by atoms with Gasteiger partial charge >= 0.3 is 37.9 Å². The molecule has 0 aliphatic heterocycles. The molecule has 0 aromatic rings. The normalized spacial score (nSPS) is 20.3. The van der Waals surface area contributed by atoms with E-state index in [1.807, 2.05) is 0 Å². The zero-order valence-corrected chi connectivity index (χ0v) is 20.1. The van der Waals surface area contributed by atoms with Crippen LogP contribution in [0.2, 0.25) is 0 Å². The first kappa shape index (κ1) is 22.9. The molecule has 1 atom stereocenters. The van der Waals surface area contributed by atoms with E-state index in [4.69, 9.17) is 17.0 Å². The average Bonchev–Trinajstić information content (AvgIpc) is 3.17. The summed E-state index contributed by atoms with van der Waals surface area (Å²) in [6, 6.07) is 0. The Kier molecular flexibility index (Phi) is 10.0. The summed E-state index contributed by atoms with van der Waals surface area (Å²) in [5.74, 6) is 2.06. The summed E-state index contributed by atoms with van der Waals surface area (Å²) in [6.45, 7) is 13.3. The van der Waals surface area contributed by atoms with E-state index < -0.39 is 20.8 Å². The van der Waals surface area contributed by atoms with Crippen molar-refractivity contribution in [3.05, 3.63) is 76.8 Å². The first-order valence-electron chi connectivity index (χ1n) is 8.55. The summed E-state index contributed by atoms with van der Waals surface area (Å²) >= 11 is -0.826. The number of allylic oxidation sites excluding steroid dienone is 12. The van der Waals surface area contributed by atoms with Crippen LogP contribution in [-0.2, 0) is 20.8 Å². The maximum absolute atomic E-state index is 4.93. The van der Waals surface area contributed by atoms with E-state index in [1.54, 1.807) is 0 Å². The van der Waals surface area contributed by atoms with Crippen molar-refractivity contribution in [3.8, 4) is 0 Å². The van der Waals surface area contributed by atoms with Gasteiger partial charge in [-0.25, -0.2) is 0 Å². The third kappa shape index (κ3) is 7.58. The molecule has 0 radical (unpaired) electrons. The first-order chi connectivity index (χ1) is 11.7. The van der Waals surface area contributed by atoms with Gasteiger partial charge in [0.15, 0.2) is 0 Å². The molecule has 3 rings (SSSR count). The molecule has 3 heteroatoms. The molecule has 134 valence electrons. The van der Waals surface area contributed by atoms with Crippen molar-refractivity contribution >= 4 is 17.0 Å². The maximum atomic E-state index is 4.93. The zero-order valence-electron chi connectivity index (χ0n) is 16.1. The van der Waals surface area contributed by atoms with Crippen molar-refractivity contribution in [2.45, 2.75) is 48.0 Å². The van der Waals surface area contributed by atoms with E-state index in [-0.39, 0.29) is 0 Å². The summed E-state index contributed by atoms with van der Waals surface area (Å²) in [6.07, 6.45) is 19.8. The van der Waals surface area contributed by atoms with Gasteiger partial charge in [0, 0.05) is 0 Å². The molecule has 0 aromatic heterocycles. The summed E-state index contributed by atoms with van der Waals surface area (Å²) in [5, 5.41) is 0. The van der Waals surface area contributed by atoms with Gasteiger partial charge in [-0.3, -0.25) is 0 Å². The third-order valence-electron chi connectivity index (χ3n) is 4.29. The van der Waals surface area contributed by atoms with Crippen LogP contribution in [0.25, 0.3) is 0 Å². The Bertz CT molecular complexity index is 623. The van der Waals surface area contributed by atoms with Gasteiger partial charge in [0.25, 0.3) is 0 Å². The molecule has 0 spiro atoms. The molecule has 0 N–H and O–H groups in total. The molecular weight excluding hydrogens is 426 g/mol. The Labute approximate surface area is 173 Å². The fourth-order valence-corrected chi connectivity index (χ4v) is 2.72. The van der Waals surface area contributed by atoms with E-state index in [1.165, 1.54) is 28.2 Å². The zero-order chi connectivity index (χ0) is 19.0. The molecule has 0 bridgehead atoms. The number of hydrogen-bond acceptors (Lipinski definition) is 0. The van der Waals surface area contributed by atoms with Gasteiger partial charge in [0.05, 0.1) is 0 Å². The van der Waals surface area contributed by atoms with E-state index in [0.29, 0.717) is 11.3 Å². The van der Waals surface area contributed by atoms with Crippen LogP contribution in [0.3, 0.4) is 0 Å². The van der Waals surface area contributed by atoms with E-state index in [2.05, 4.69) is 90.2 Å². The summed E-state index contributed by atoms with van der Waals surface area (Å²) in [4.78, 5) is 0. The van der Waals surface area contributed by atoms with Crippen molar-refractivity contribution in [2.75, 3.05) is 0 Å². The molecule has 0 fully saturated rings. The topological polar surface area (TPSA) is 0 Å². The molecule has 0 aromatic carbocycles.